The molecule has 0 saturated carbocycles. The van der Waals surface area contributed by atoms with Crippen LogP contribution in [0.3, 0.4) is 0 Å². The molecule has 2 aromatic heterocycles. The van der Waals surface area contributed by atoms with Crippen molar-refractivity contribution in [2.24, 2.45) is 0 Å². The van der Waals surface area contributed by atoms with Gasteiger partial charge in [-0.1, -0.05) is 12.1 Å². The first kappa shape index (κ1) is 40.9. The van der Waals surface area contributed by atoms with Crippen molar-refractivity contribution >= 4 is 79.3 Å². The van der Waals surface area contributed by atoms with Gasteiger partial charge in [0.1, 0.15) is 24.8 Å². The number of halogens is 4. The predicted octanol–water partition coefficient (Wildman–Crippen LogP) is 2.74. The number of ether oxygens (including phenoxy) is 3. The number of carbonyl (C=O) groups excluding carboxylic acids is 3. The molecule has 0 bridgehead atoms. The molecule has 1 unspecified atom stereocenters. The Bertz CT molecular complexity index is 1020. The summed E-state index contributed by atoms with van der Waals surface area (Å²) in [5.41, 5.74) is 1.21. The number of hydrogen-bond donors (Lipinski definition) is 2. The minimum absolute atomic E-state index is 0. The number of hydrogen-bond acceptors (Lipinski definition) is 11. The summed E-state index contributed by atoms with van der Waals surface area (Å²) in [5, 5.41) is 5.45. The summed E-state index contributed by atoms with van der Waals surface area (Å²) in [4.78, 5) is 47.7. The SMILES string of the molecule is CNCC(=O)OCc1cccnc1N(C)C(=O)OC(C)N(C)c1ncccc1COC(=O)CNC.Cl.Cl.Cl.Cl. The zero-order chi connectivity index (χ0) is 25.8. The molecule has 2 rings (SSSR count). The number of pyridine rings is 2. The molecular weight excluding hydrogens is 598 g/mol. The zero-order valence-electron chi connectivity index (χ0n) is 22.2. The molecule has 2 aromatic rings. The van der Waals surface area contributed by atoms with Gasteiger partial charge in [0, 0.05) is 37.6 Å². The van der Waals surface area contributed by atoms with Crippen LogP contribution in [0, 0.1) is 0 Å². The lowest BCUT2D eigenvalue weighted by atomic mass is 10.2. The van der Waals surface area contributed by atoms with E-state index < -0.39 is 24.3 Å². The van der Waals surface area contributed by atoms with Crippen LogP contribution in [-0.4, -0.2) is 75.5 Å². The predicted molar refractivity (Wildman–Crippen MR) is 158 cm³/mol. The van der Waals surface area contributed by atoms with Crippen molar-refractivity contribution in [1.82, 2.24) is 20.6 Å². The van der Waals surface area contributed by atoms with Gasteiger partial charge in [-0.3, -0.25) is 14.5 Å². The molecule has 0 spiro atoms. The second kappa shape index (κ2) is 21.2. The monoisotopic (exact) mass is 632 g/mol. The van der Waals surface area contributed by atoms with E-state index in [1.165, 1.54) is 18.1 Å². The van der Waals surface area contributed by atoms with Gasteiger partial charge in [0.2, 0.25) is 0 Å². The molecule has 0 saturated heterocycles. The van der Waals surface area contributed by atoms with Crippen LogP contribution in [0.15, 0.2) is 36.7 Å². The molecule has 0 aliphatic carbocycles. The Morgan fingerprint density at radius 3 is 1.72 bits per heavy atom. The van der Waals surface area contributed by atoms with E-state index >= 15 is 0 Å². The highest BCUT2D eigenvalue weighted by atomic mass is 35.5. The minimum Gasteiger partial charge on any atom is -0.460 e. The summed E-state index contributed by atoms with van der Waals surface area (Å²) in [6.07, 6.45) is 1.75. The standard InChI is InChI=1S/C23H32N6O6.4ClH/c1-16(28(4)21-17(8-6-10-26-21)14-33-19(30)12-24-2)35-23(32)29(5)22-18(9-7-11-27-22)15-34-20(31)13-25-3;;;;/h6-11,16,24-25H,12-15H2,1-5H3;4*1H. The maximum atomic E-state index is 12.9. The number of anilines is 2. The third kappa shape index (κ3) is 12.9. The summed E-state index contributed by atoms with van der Waals surface area (Å²) in [6.45, 7) is 1.84. The average Bonchev–Trinajstić information content (AvgIpc) is 2.86. The van der Waals surface area contributed by atoms with Crippen LogP contribution >= 0.6 is 49.6 Å². The van der Waals surface area contributed by atoms with E-state index in [2.05, 4.69) is 20.6 Å². The third-order valence-electron chi connectivity index (χ3n) is 4.90. The lowest BCUT2D eigenvalue weighted by molar-refractivity contribution is -0.144. The van der Waals surface area contributed by atoms with E-state index in [-0.39, 0.29) is 75.9 Å². The van der Waals surface area contributed by atoms with Crippen molar-refractivity contribution in [1.29, 1.82) is 0 Å². The summed E-state index contributed by atoms with van der Waals surface area (Å²) < 4.78 is 16.1. The van der Waals surface area contributed by atoms with E-state index in [4.69, 9.17) is 14.2 Å². The quantitative estimate of drug-likeness (QED) is 0.203. The van der Waals surface area contributed by atoms with Gasteiger partial charge in [-0.15, -0.1) is 49.6 Å². The van der Waals surface area contributed by atoms with E-state index in [1.807, 2.05) is 0 Å². The lowest BCUT2D eigenvalue weighted by Crippen LogP contribution is -2.39. The Hall–Kier alpha value is -2.61. The van der Waals surface area contributed by atoms with Crippen LogP contribution in [-0.2, 0) is 37.0 Å². The number of aromatic nitrogens is 2. The molecule has 2 heterocycles. The molecule has 222 valence electrons. The average molecular weight is 634 g/mol. The first-order valence-electron chi connectivity index (χ1n) is 10.9. The number of amides is 1. The first-order chi connectivity index (χ1) is 16.8. The van der Waals surface area contributed by atoms with Crippen molar-refractivity contribution in [3.63, 3.8) is 0 Å². The largest absolute Gasteiger partial charge is 0.460 e. The number of esters is 2. The summed E-state index contributed by atoms with van der Waals surface area (Å²) >= 11 is 0. The van der Waals surface area contributed by atoms with Crippen LogP contribution in [0.5, 0.6) is 0 Å². The minimum atomic E-state index is -0.716. The highest BCUT2D eigenvalue weighted by Gasteiger charge is 2.23. The molecule has 12 nitrogen and oxygen atoms in total. The van der Waals surface area contributed by atoms with Gasteiger partial charge in [-0.25, -0.2) is 14.8 Å². The second-order valence-corrected chi connectivity index (χ2v) is 7.51. The topological polar surface area (TPSA) is 135 Å². The highest BCUT2D eigenvalue weighted by Crippen LogP contribution is 2.22. The van der Waals surface area contributed by atoms with Gasteiger partial charge in [-0.2, -0.15) is 0 Å². The third-order valence-corrected chi connectivity index (χ3v) is 4.90. The van der Waals surface area contributed by atoms with E-state index in [0.29, 0.717) is 22.8 Å². The summed E-state index contributed by atoms with van der Waals surface area (Å²) in [5.74, 6) is -0.0123. The van der Waals surface area contributed by atoms with Gasteiger partial charge < -0.3 is 29.7 Å². The fourth-order valence-electron chi connectivity index (χ4n) is 2.98. The number of likely N-dealkylation sites (N-methyl/N-ethyl adjacent to an activating group) is 2. The Labute approximate surface area is 253 Å². The van der Waals surface area contributed by atoms with Crippen molar-refractivity contribution in [2.45, 2.75) is 26.4 Å². The second-order valence-electron chi connectivity index (χ2n) is 7.51. The lowest BCUT2D eigenvalue weighted by Gasteiger charge is -2.29. The van der Waals surface area contributed by atoms with Gasteiger partial charge in [0.05, 0.1) is 13.1 Å². The van der Waals surface area contributed by atoms with Crippen molar-refractivity contribution in [3.8, 4) is 0 Å². The Morgan fingerprint density at radius 2 is 1.26 bits per heavy atom. The smallest absolute Gasteiger partial charge is 0.417 e. The van der Waals surface area contributed by atoms with Crippen molar-refractivity contribution in [2.75, 3.05) is 51.1 Å². The fourth-order valence-corrected chi connectivity index (χ4v) is 2.98. The van der Waals surface area contributed by atoms with Crippen molar-refractivity contribution in [3.05, 3.63) is 47.8 Å². The van der Waals surface area contributed by atoms with E-state index in [0.717, 1.165) is 0 Å². The molecule has 2 N–H and O–H groups in total. The molecular formula is C23H36Cl4N6O6. The molecule has 0 radical (unpaired) electrons. The van der Waals surface area contributed by atoms with E-state index in [9.17, 15) is 14.4 Å². The highest BCUT2D eigenvalue weighted by molar-refractivity contribution is 5.87. The molecule has 0 aromatic carbocycles. The van der Waals surface area contributed by atoms with E-state index in [1.54, 1.807) is 63.4 Å². The van der Waals surface area contributed by atoms with Crippen LogP contribution < -0.4 is 20.4 Å². The fraction of sp³-hybridized carbons (Fsp3) is 0.435. The van der Waals surface area contributed by atoms with Crippen LogP contribution in [0.25, 0.3) is 0 Å². The van der Waals surface area contributed by atoms with Crippen molar-refractivity contribution < 1.29 is 28.6 Å². The van der Waals surface area contributed by atoms with Crippen LogP contribution in [0.1, 0.15) is 18.1 Å². The van der Waals surface area contributed by atoms with Gasteiger partial charge in [-0.05, 0) is 33.2 Å². The van der Waals surface area contributed by atoms with Gasteiger partial charge >= 0.3 is 18.0 Å². The molecule has 1 amide bonds. The number of rotatable bonds is 12. The normalized spacial score (nSPS) is 10.2. The maximum absolute atomic E-state index is 12.9. The summed E-state index contributed by atoms with van der Waals surface area (Å²) in [7, 11) is 6.53. The Balaban J connectivity index is -0.00000324. The molecule has 0 aliphatic rings. The summed E-state index contributed by atoms with van der Waals surface area (Å²) in [6, 6.07) is 6.91. The molecule has 0 aliphatic heterocycles. The molecule has 39 heavy (non-hydrogen) atoms. The first-order valence-corrected chi connectivity index (χ1v) is 10.9. The van der Waals surface area contributed by atoms with Crippen LogP contribution in [0.4, 0.5) is 16.4 Å². The molecule has 0 fully saturated rings. The Kier molecular flexibility index (Phi) is 22.3. The van der Waals surface area contributed by atoms with Gasteiger partial charge in [0.25, 0.3) is 0 Å². The zero-order valence-corrected chi connectivity index (χ0v) is 25.5. The maximum Gasteiger partial charge on any atom is 0.417 e. The molecule has 1 atom stereocenters. The van der Waals surface area contributed by atoms with Crippen LogP contribution in [0.2, 0.25) is 0 Å². The number of nitrogens with zero attached hydrogens (tertiary/aromatic N) is 4. The number of nitrogens with one attached hydrogen (secondary N) is 2. The Morgan fingerprint density at radius 1 is 0.821 bits per heavy atom. The number of carbonyl (C=O) groups is 3. The molecule has 16 heteroatoms. The van der Waals surface area contributed by atoms with Gasteiger partial charge in [0.15, 0.2) is 6.23 Å².